The van der Waals surface area contributed by atoms with Crippen molar-refractivity contribution < 1.29 is 9.26 Å². The monoisotopic (exact) mass is 205 g/mol. The second kappa shape index (κ2) is 4.10. The predicted molar refractivity (Wildman–Crippen MR) is 54.2 cm³/mol. The molecule has 78 valence electrons. The van der Waals surface area contributed by atoms with Crippen molar-refractivity contribution >= 4 is 0 Å². The molecule has 0 bridgehead atoms. The summed E-state index contributed by atoms with van der Waals surface area (Å²) < 4.78 is 10.1. The van der Waals surface area contributed by atoms with Crippen molar-refractivity contribution in [2.45, 2.75) is 6.54 Å². The van der Waals surface area contributed by atoms with Gasteiger partial charge in [0.15, 0.2) is 5.82 Å². The highest BCUT2D eigenvalue weighted by Gasteiger charge is 2.07. The first-order valence-electron chi connectivity index (χ1n) is 4.50. The zero-order chi connectivity index (χ0) is 10.7. The second-order valence-corrected chi connectivity index (χ2v) is 2.95. The number of hydrogen-bond donors (Lipinski definition) is 1. The van der Waals surface area contributed by atoms with E-state index in [2.05, 4.69) is 10.1 Å². The van der Waals surface area contributed by atoms with Crippen molar-refractivity contribution in [2.75, 3.05) is 7.11 Å². The van der Waals surface area contributed by atoms with Crippen LogP contribution in [0.25, 0.3) is 11.5 Å². The van der Waals surface area contributed by atoms with Crippen LogP contribution in [0.15, 0.2) is 28.8 Å². The molecule has 0 amide bonds. The molecule has 2 N–H and O–H groups in total. The van der Waals surface area contributed by atoms with Gasteiger partial charge >= 0.3 is 0 Å². The lowest BCUT2D eigenvalue weighted by molar-refractivity contribution is 0.412. The van der Waals surface area contributed by atoms with Gasteiger partial charge in [0, 0.05) is 5.56 Å². The number of ether oxygens (including phenoxy) is 1. The van der Waals surface area contributed by atoms with E-state index in [0.29, 0.717) is 11.7 Å². The van der Waals surface area contributed by atoms with E-state index in [-0.39, 0.29) is 6.54 Å². The Hall–Kier alpha value is -1.88. The fourth-order valence-electron chi connectivity index (χ4n) is 1.21. The SMILES string of the molecule is COc1cccc(-c2nc(CN)no2)c1. The number of nitrogens with two attached hydrogens (primary N) is 1. The highest BCUT2D eigenvalue weighted by Crippen LogP contribution is 2.21. The topological polar surface area (TPSA) is 74.2 Å². The van der Waals surface area contributed by atoms with Crippen molar-refractivity contribution in [3.8, 4) is 17.2 Å². The molecule has 5 nitrogen and oxygen atoms in total. The van der Waals surface area contributed by atoms with Gasteiger partial charge in [-0.15, -0.1) is 0 Å². The molecule has 0 atom stereocenters. The Bertz CT molecular complexity index is 453. The second-order valence-electron chi connectivity index (χ2n) is 2.95. The van der Waals surface area contributed by atoms with Gasteiger partial charge in [-0.2, -0.15) is 4.98 Å². The third-order valence-electron chi connectivity index (χ3n) is 1.97. The molecule has 0 spiro atoms. The fourth-order valence-corrected chi connectivity index (χ4v) is 1.21. The summed E-state index contributed by atoms with van der Waals surface area (Å²) in [6.07, 6.45) is 0. The van der Waals surface area contributed by atoms with E-state index in [9.17, 15) is 0 Å². The van der Waals surface area contributed by atoms with Gasteiger partial charge in [0.2, 0.25) is 0 Å². The highest BCUT2D eigenvalue weighted by molar-refractivity contribution is 5.55. The molecule has 0 fully saturated rings. The van der Waals surface area contributed by atoms with Crippen molar-refractivity contribution in [3.63, 3.8) is 0 Å². The average molecular weight is 205 g/mol. The molecule has 0 saturated carbocycles. The van der Waals surface area contributed by atoms with E-state index < -0.39 is 0 Å². The van der Waals surface area contributed by atoms with Crippen LogP contribution in [0.3, 0.4) is 0 Å². The first-order valence-corrected chi connectivity index (χ1v) is 4.50. The van der Waals surface area contributed by atoms with Crippen LogP contribution in [0.2, 0.25) is 0 Å². The highest BCUT2D eigenvalue weighted by atomic mass is 16.5. The zero-order valence-corrected chi connectivity index (χ0v) is 8.30. The Labute approximate surface area is 86.9 Å². The first kappa shape index (κ1) is 9.67. The Morgan fingerprint density at radius 2 is 2.33 bits per heavy atom. The lowest BCUT2D eigenvalue weighted by Gasteiger charge is -1.99. The number of benzene rings is 1. The molecular weight excluding hydrogens is 194 g/mol. The molecule has 0 aliphatic carbocycles. The quantitative estimate of drug-likeness (QED) is 0.815. The number of hydrogen-bond acceptors (Lipinski definition) is 5. The number of rotatable bonds is 3. The molecule has 0 radical (unpaired) electrons. The van der Waals surface area contributed by atoms with Gasteiger partial charge < -0.3 is 15.0 Å². The molecular formula is C10H11N3O2. The lowest BCUT2D eigenvalue weighted by atomic mass is 10.2. The molecule has 0 unspecified atom stereocenters. The van der Waals surface area contributed by atoms with Crippen LogP contribution in [0.4, 0.5) is 0 Å². The van der Waals surface area contributed by atoms with Crippen LogP contribution in [0.5, 0.6) is 5.75 Å². The van der Waals surface area contributed by atoms with Crippen molar-refractivity contribution in [1.29, 1.82) is 0 Å². The van der Waals surface area contributed by atoms with Gasteiger partial charge in [0.25, 0.3) is 5.89 Å². The molecule has 1 heterocycles. The summed E-state index contributed by atoms with van der Waals surface area (Å²) >= 11 is 0. The zero-order valence-electron chi connectivity index (χ0n) is 8.30. The minimum atomic E-state index is 0.271. The Balaban J connectivity index is 2.35. The van der Waals surface area contributed by atoms with Crippen molar-refractivity contribution in [3.05, 3.63) is 30.1 Å². The van der Waals surface area contributed by atoms with Crippen LogP contribution in [0, 0.1) is 0 Å². The van der Waals surface area contributed by atoms with E-state index in [4.69, 9.17) is 15.0 Å². The standard InChI is InChI=1S/C10H11N3O2/c1-14-8-4-2-3-7(5-8)10-12-9(6-11)13-15-10/h2-5H,6,11H2,1H3. The fraction of sp³-hybridized carbons (Fsp3) is 0.200. The molecule has 0 aliphatic heterocycles. The summed E-state index contributed by atoms with van der Waals surface area (Å²) in [6.45, 7) is 0.271. The van der Waals surface area contributed by atoms with E-state index in [1.165, 1.54) is 0 Å². The van der Waals surface area contributed by atoms with Crippen LogP contribution in [-0.4, -0.2) is 17.3 Å². The summed E-state index contributed by atoms with van der Waals surface area (Å²) in [7, 11) is 1.61. The van der Waals surface area contributed by atoms with Gasteiger partial charge in [-0.25, -0.2) is 0 Å². The lowest BCUT2D eigenvalue weighted by Crippen LogP contribution is -1.97. The maximum Gasteiger partial charge on any atom is 0.258 e. The van der Waals surface area contributed by atoms with E-state index in [1.807, 2.05) is 24.3 Å². The largest absolute Gasteiger partial charge is 0.497 e. The van der Waals surface area contributed by atoms with Gasteiger partial charge in [-0.05, 0) is 18.2 Å². The molecule has 1 aromatic heterocycles. The molecule has 0 aliphatic rings. The molecule has 0 saturated heterocycles. The summed E-state index contributed by atoms with van der Waals surface area (Å²) in [5.74, 6) is 1.70. The van der Waals surface area contributed by atoms with Gasteiger partial charge in [0.1, 0.15) is 5.75 Å². The molecule has 5 heteroatoms. The molecule has 2 rings (SSSR count). The number of nitrogens with zero attached hydrogens (tertiary/aromatic N) is 2. The van der Waals surface area contributed by atoms with E-state index >= 15 is 0 Å². The van der Waals surface area contributed by atoms with Gasteiger partial charge in [-0.1, -0.05) is 11.2 Å². The van der Waals surface area contributed by atoms with Crippen LogP contribution >= 0.6 is 0 Å². The predicted octanol–water partition coefficient (Wildman–Crippen LogP) is 1.20. The first-order chi connectivity index (χ1) is 7.33. The van der Waals surface area contributed by atoms with Crippen LogP contribution in [0.1, 0.15) is 5.82 Å². The van der Waals surface area contributed by atoms with E-state index in [0.717, 1.165) is 11.3 Å². The molecule has 1 aromatic carbocycles. The minimum absolute atomic E-state index is 0.271. The molecule has 15 heavy (non-hydrogen) atoms. The Morgan fingerprint density at radius 1 is 1.47 bits per heavy atom. The third kappa shape index (κ3) is 1.97. The summed E-state index contributed by atoms with van der Waals surface area (Å²) in [5.41, 5.74) is 6.21. The number of methoxy groups -OCH3 is 1. The third-order valence-corrected chi connectivity index (χ3v) is 1.97. The van der Waals surface area contributed by atoms with Crippen LogP contribution in [-0.2, 0) is 6.54 Å². The van der Waals surface area contributed by atoms with Crippen LogP contribution < -0.4 is 10.5 Å². The average Bonchev–Trinajstić information content (AvgIpc) is 2.78. The Kier molecular flexibility index (Phi) is 2.64. The summed E-state index contributed by atoms with van der Waals surface area (Å²) in [4.78, 5) is 4.12. The normalized spacial score (nSPS) is 10.3. The summed E-state index contributed by atoms with van der Waals surface area (Å²) in [6, 6.07) is 7.41. The number of aromatic nitrogens is 2. The molecule has 2 aromatic rings. The van der Waals surface area contributed by atoms with Gasteiger partial charge in [-0.3, -0.25) is 0 Å². The summed E-state index contributed by atoms with van der Waals surface area (Å²) in [5, 5.41) is 3.71. The van der Waals surface area contributed by atoms with E-state index in [1.54, 1.807) is 7.11 Å². The Morgan fingerprint density at radius 3 is 3.00 bits per heavy atom. The maximum atomic E-state index is 5.39. The van der Waals surface area contributed by atoms with Gasteiger partial charge in [0.05, 0.1) is 13.7 Å². The van der Waals surface area contributed by atoms with Crippen molar-refractivity contribution in [2.24, 2.45) is 5.73 Å². The minimum Gasteiger partial charge on any atom is -0.497 e. The van der Waals surface area contributed by atoms with Crippen molar-refractivity contribution in [1.82, 2.24) is 10.1 Å². The smallest absolute Gasteiger partial charge is 0.258 e. The maximum absolute atomic E-state index is 5.39.